The number of methoxy groups -OCH3 is 1. The second-order valence-electron chi connectivity index (χ2n) is 6.02. The number of hydrogen-bond acceptors (Lipinski definition) is 5. The molecule has 0 aromatic heterocycles. The maximum absolute atomic E-state index is 12.2. The predicted octanol–water partition coefficient (Wildman–Crippen LogP) is 2.79. The molecule has 0 saturated heterocycles. The number of hydrogen-bond donors (Lipinski definition) is 0. The molecule has 1 rings (SSSR count). The number of carbonyl (C=O) groups is 1. The Kier molecular flexibility index (Phi) is 7.03. The lowest BCUT2D eigenvalue weighted by atomic mass is 9.89. The van der Waals surface area contributed by atoms with E-state index >= 15 is 0 Å². The molecule has 0 amide bonds. The first-order valence-corrected chi connectivity index (χ1v) is 7.16. The molecule has 0 aliphatic rings. The largest absolute Gasteiger partial charge is 0.456 e. The van der Waals surface area contributed by atoms with Crippen molar-refractivity contribution < 1.29 is 19.0 Å². The fourth-order valence-electron chi connectivity index (χ4n) is 1.67. The van der Waals surface area contributed by atoms with Crippen LogP contribution in [0.5, 0.6) is 0 Å². The molecule has 1 atom stereocenters. The Labute approximate surface area is 131 Å². The third-order valence-corrected chi connectivity index (χ3v) is 3.17. The van der Waals surface area contributed by atoms with Crippen LogP contribution in [0.3, 0.4) is 0 Å². The highest BCUT2D eigenvalue weighted by Gasteiger charge is 2.29. The Morgan fingerprint density at radius 2 is 1.86 bits per heavy atom. The van der Waals surface area contributed by atoms with Crippen LogP contribution in [0.2, 0.25) is 0 Å². The lowest BCUT2D eigenvalue weighted by molar-refractivity contribution is -0.0511. The van der Waals surface area contributed by atoms with Crippen LogP contribution in [0.15, 0.2) is 24.3 Å². The molecule has 5 nitrogen and oxygen atoms in total. The topological polar surface area (TPSA) is 68.6 Å². The van der Waals surface area contributed by atoms with Crippen LogP contribution in [-0.4, -0.2) is 39.0 Å². The van der Waals surface area contributed by atoms with E-state index < -0.39 is 5.97 Å². The van der Waals surface area contributed by atoms with Gasteiger partial charge in [0.25, 0.3) is 0 Å². The van der Waals surface area contributed by atoms with Crippen LogP contribution in [0.25, 0.3) is 0 Å². The molecule has 0 fully saturated rings. The van der Waals surface area contributed by atoms with Crippen molar-refractivity contribution in [2.75, 3.05) is 26.9 Å². The summed E-state index contributed by atoms with van der Waals surface area (Å²) in [7, 11) is 1.61. The third-order valence-electron chi connectivity index (χ3n) is 3.17. The molecule has 22 heavy (non-hydrogen) atoms. The maximum Gasteiger partial charge on any atom is 0.338 e. The molecule has 1 aromatic rings. The number of nitrogens with zero attached hydrogens (tertiary/aromatic N) is 1. The molecule has 0 saturated carbocycles. The summed E-state index contributed by atoms with van der Waals surface area (Å²) >= 11 is 0. The standard InChI is InChI=1S/C17H23NO4/c1-17(2,3)15(12-21-10-9-20-4)22-16(19)14-7-5-13(11-18)6-8-14/h5-8,15H,9-10,12H2,1-4H3/t15-/m1/s1. The molecule has 0 heterocycles. The summed E-state index contributed by atoms with van der Waals surface area (Å²) in [5.41, 5.74) is 0.687. The molecule has 1 aromatic carbocycles. The highest BCUT2D eigenvalue weighted by atomic mass is 16.6. The molecule has 0 spiro atoms. The van der Waals surface area contributed by atoms with Crippen LogP contribution < -0.4 is 0 Å². The third kappa shape index (κ3) is 5.84. The average molecular weight is 305 g/mol. The Bertz CT molecular complexity index is 511. The summed E-state index contributed by atoms with van der Waals surface area (Å²) in [5.74, 6) is -0.417. The smallest absolute Gasteiger partial charge is 0.338 e. The molecule has 0 bridgehead atoms. The van der Waals surface area contributed by atoms with Crippen LogP contribution in [0.1, 0.15) is 36.7 Å². The first-order chi connectivity index (χ1) is 10.4. The fraction of sp³-hybridized carbons (Fsp3) is 0.529. The molecular weight excluding hydrogens is 282 g/mol. The van der Waals surface area contributed by atoms with E-state index in [4.69, 9.17) is 19.5 Å². The number of ether oxygens (including phenoxy) is 3. The summed E-state index contributed by atoms with van der Waals surface area (Å²) in [6.07, 6.45) is -0.368. The van der Waals surface area contributed by atoms with Gasteiger partial charge in [-0.1, -0.05) is 20.8 Å². The van der Waals surface area contributed by atoms with Crippen molar-refractivity contribution in [1.82, 2.24) is 0 Å². The van der Waals surface area contributed by atoms with Gasteiger partial charge in [0.1, 0.15) is 6.10 Å². The van der Waals surface area contributed by atoms with Gasteiger partial charge in [0.15, 0.2) is 0 Å². The zero-order chi connectivity index (χ0) is 16.6. The van der Waals surface area contributed by atoms with Crippen molar-refractivity contribution in [2.45, 2.75) is 26.9 Å². The fourth-order valence-corrected chi connectivity index (χ4v) is 1.67. The highest BCUT2D eigenvalue weighted by molar-refractivity contribution is 5.89. The van der Waals surface area contributed by atoms with Crippen molar-refractivity contribution in [3.8, 4) is 6.07 Å². The summed E-state index contributed by atoms with van der Waals surface area (Å²) < 4.78 is 16.0. The number of benzene rings is 1. The minimum absolute atomic E-state index is 0.241. The van der Waals surface area contributed by atoms with Gasteiger partial charge < -0.3 is 14.2 Å². The molecule has 0 radical (unpaired) electrons. The van der Waals surface area contributed by atoms with E-state index in [1.54, 1.807) is 31.4 Å². The zero-order valence-electron chi connectivity index (χ0n) is 13.6. The molecule has 0 aliphatic carbocycles. The quantitative estimate of drug-likeness (QED) is 0.572. The van der Waals surface area contributed by atoms with Crippen LogP contribution >= 0.6 is 0 Å². The minimum Gasteiger partial charge on any atom is -0.456 e. The zero-order valence-corrected chi connectivity index (χ0v) is 13.6. The Morgan fingerprint density at radius 1 is 1.23 bits per heavy atom. The second kappa shape index (κ2) is 8.52. The van der Waals surface area contributed by atoms with Gasteiger partial charge in [-0.25, -0.2) is 4.79 Å². The van der Waals surface area contributed by atoms with Crippen molar-refractivity contribution >= 4 is 5.97 Å². The number of nitriles is 1. The highest BCUT2D eigenvalue weighted by Crippen LogP contribution is 2.24. The monoisotopic (exact) mass is 305 g/mol. The normalized spacial score (nSPS) is 12.5. The molecule has 0 unspecified atom stereocenters. The number of esters is 1. The van der Waals surface area contributed by atoms with Crippen molar-refractivity contribution in [3.63, 3.8) is 0 Å². The maximum atomic E-state index is 12.2. The summed E-state index contributed by atoms with van der Waals surface area (Å²) in [5, 5.41) is 8.77. The van der Waals surface area contributed by atoms with Gasteiger partial charge in [0, 0.05) is 12.5 Å². The summed E-state index contributed by atoms with van der Waals surface area (Å²) in [4.78, 5) is 12.2. The molecule has 0 aliphatic heterocycles. The van der Waals surface area contributed by atoms with Gasteiger partial charge in [0.05, 0.1) is 37.0 Å². The predicted molar refractivity (Wildman–Crippen MR) is 82.5 cm³/mol. The summed E-state index contributed by atoms with van der Waals surface area (Å²) in [6, 6.07) is 8.38. The number of rotatable bonds is 7. The van der Waals surface area contributed by atoms with E-state index in [2.05, 4.69) is 0 Å². The van der Waals surface area contributed by atoms with Gasteiger partial charge in [0.2, 0.25) is 0 Å². The van der Waals surface area contributed by atoms with E-state index in [1.807, 2.05) is 26.8 Å². The van der Waals surface area contributed by atoms with E-state index in [1.165, 1.54) is 0 Å². The van der Waals surface area contributed by atoms with Gasteiger partial charge in [-0.2, -0.15) is 5.26 Å². The molecular formula is C17H23NO4. The lowest BCUT2D eigenvalue weighted by Gasteiger charge is -2.30. The van der Waals surface area contributed by atoms with Crippen LogP contribution in [-0.2, 0) is 14.2 Å². The van der Waals surface area contributed by atoms with E-state index in [0.29, 0.717) is 30.9 Å². The van der Waals surface area contributed by atoms with Crippen molar-refractivity contribution in [3.05, 3.63) is 35.4 Å². The van der Waals surface area contributed by atoms with E-state index in [-0.39, 0.29) is 11.5 Å². The van der Waals surface area contributed by atoms with Gasteiger partial charge in [-0.15, -0.1) is 0 Å². The number of carbonyl (C=O) groups excluding carboxylic acids is 1. The van der Waals surface area contributed by atoms with Crippen LogP contribution in [0, 0.1) is 16.7 Å². The average Bonchev–Trinajstić information content (AvgIpc) is 2.49. The van der Waals surface area contributed by atoms with Gasteiger partial charge in [-0.3, -0.25) is 0 Å². The van der Waals surface area contributed by atoms with Gasteiger partial charge in [-0.05, 0) is 24.3 Å². The lowest BCUT2D eigenvalue weighted by Crippen LogP contribution is -2.36. The SMILES string of the molecule is COCCOC[C@@H](OC(=O)c1ccc(C#N)cc1)C(C)(C)C. The summed E-state index contributed by atoms with van der Waals surface area (Å²) in [6.45, 7) is 7.24. The van der Waals surface area contributed by atoms with Gasteiger partial charge >= 0.3 is 5.97 Å². The first-order valence-electron chi connectivity index (χ1n) is 7.16. The Hall–Kier alpha value is -1.90. The van der Waals surface area contributed by atoms with Crippen molar-refractivity contribution in [1.29, 1.82) is 5.26 Å². The second-order valence-corrected chi connectivity index (χ2v) is 6.02. The Morgan fingerprint density at radius 3 is 2.36 bits per heavy atom. The molecule has 0 N–H and O–H groups in total. The first kappa shape index (κ1) is 18.1. The van der Waals surface area contributed by atoms with Crippen LogP contribution in [0.4, 0.5) is 0 Å². The van der Waals surface area contributed by atoms with E-state index in [0.717, 1.165) is 0 Å². The Balaban J connectivity index is 2.67. The minimum atomic E-state index is -0.417. The molecule has 120 valence electrons. The molecule has 5 heteroatoms. The van der Waals surface area contributed by atoms with E-state index in [9.17, 15) is 4.79 Å². The van der Waals surface area contributed by atoms with Crippen molar-refractivity contribution in [2.24, 2.45) is 5.41 Å².